The lowest BCUT2D eigenvalue weighted by Crippen LogP contribution is -2.48. The van der Waals surface area contributed by atoms with Gasteiger partial charge < -0.3 is 5.32 Å². The molecule has 0 bridgehead atoms. The summed E-state index contributed by atoms with van der Waals surface area (Å²) in [6.07, 6.45) is 1.92. The first kappa shape index (κ1) is 13.1. The summed E-state index contributed by atoms with van der Waals surface area (Å²) < 4.78 is 0. The van der Waals surface area contributed by atoms with Crippen molar-refractivity contribution in [1.29, 1.82) is 0 Å². The smallest absolute Gasteiger partial charge is 0.237 e. The van der Waals surface area contributed by atoms with Gasteiger partial charge in [0.1, 0.15) is 0 Å². The molecule has 1 aliphatic heterocycles. The molecule has 1 aliphatic rings. The molecule has 18 heavy (non-hydrogen) atoms. The van der Waals surface area contributed by atoms with E-state index in [0.717, 1.165) is 12.8 Å². The minimum Gasteiger partial charge on any atom is -0.350 e. The first-order valence-electron chi connectivity index (χ1n) is 6.59. The fraction of sp³-hybridized carbons (Fsp3) is 0.533. The summed E-state index contributed by atoms with van der Waals surface area (Å²) in [6.45, 7) is 6.03. The molecule has 1 heterocycles. The molecule has 2 atom stereocenters. The van der Waals surface area contributed by atoms with Crippen LogP contribution in [0.3, 0.4) is 0 Å². The van der Waals surface area contributed by atoms with Gasteiger partial charge in [-0.2, -0.15) is 0 Å². The molecule has 2 rings (SSSR count). The van der Waals surface area contributed by atoms with E-state index in [2.05, 4.69) is 22.8 Å². The maximum Gasteiger partial charge on any atom is 0.237 e. The highest BCUT2D eigenvalue weighted by atomic mass is 16.2. The second-order valence-electron chi connectivity index (χ2n) is 6.00. The Kier molecular flexibility index (Phi) is 3.71. The molecule has 0 spiro atoms. The fourth-order valence-electron chi connectivity index (χ4n) is 2.35. The summed E-state index contributed by atoms with van der Waals surface area (Å²) in [4.78, 5) is 12.1. The van der Waals surface area contributed by atoms with E-state index in [1.807, 2.05) is 39.0 Å². The van der Waals surface area contributed by atoms with Gasteiger partial charge in [-0.25, -0.2) is 0 Å². The molecule has 0 aromatic heterocycles. The normalized spacial score (nSPS) is 23.9. The van der Waals surface area contributed by atoms with Gasteiger partial charge in [0.25, 0.3) is 0 Å². The van der Waals surface area contributed by atoms with Crippen molar-refractivity contribution in [3.63, 3.8) is 0 Å². The number of carbonyl (C=O) groups is 1. The molecule has 1 unspecified atom stereocenters. The van der Waals surface area contributed by atoms with Crippen LogP contribution in [0.2, 0.25) is 0 Å². The number of benzene rings is 1. The van der Waals surface area contributed by atoms with Crippen LogP contribution in [0.5, 0.6) is 0 Å². The average Bonchev–Trinajstić information content (AvgIpc) is 2.77. The van der Waals surface area contributed by atoms with Crippen molar-refractivity contribution in [2.24, 2.45) is 0 Å². The summed E-state index contributed by atoms with van der Waals surface area (Å²) in [5.41, 5.74) is 1.10. The van der Waals surface area contributed by atoms with Crippen LogP contribution in [0.15, 0.2) is 30.3 Å². The third-order valence-corrected chi connectivity index (χ3v) is 3.16. The molecule has 0 saturated carbocycles. The average molecular weight is 246 g/mol. The minimum absolute atomic E-state index is 0.0607. The molecule has 3 heteroatoms. The number of rotatable bonds is 2. The highest BCUT2D eigenvalue weighted by Gasteiger charge is 2.31. The second kappa shape index (κ2) is 5.11. The molecule has 98 valence electrons. The van der Waals surface area contributed by atoms with Gasteiger partial charge in [0.2, 0.25) is 5.91 Å². The van der Waals surface area contributed by atoms with E-state index in [-0.39, 0.29) is 17.5 Å². The summed E-state index contributed by atoms with van der Waals surface area (Å²) in [6, 6.07) is 10.6. The second-order valence-corrected chi connectivity index (χ2v) is 6.00. The Morgan fingerprint density at radius 3 is 2.50 bits per heavy atom. The molecule has 1 aromatic carbocycles. The number of hydrogen-bond acceptors (Lipinski definition) is 2. The van der Waals surface area contributed by atoms with Crippen molar-refractivity contribution in [3.05, 3.63) is 35.9 Å². The van der Waals surface area contributed by atoms with Gasteiger partial charge in [-0.05, 0) is 39.2 Å². The number of hydrogen-bond donors (Lipinski definition) is 2. The van der Waals surface area contributed by atoms with E-state index in [1.165, 1.54) is 5.56 Å². The first-order chi connectivity index (χ1) is 8.46. The van der Waals surface area contributed by atoms with Gasteiger partial charge >= 0.3 is 0 Å². The van der Waals surface area contributed by atoms with Crippen molar-refractivity contribution in [1.82, 2.24) is 10.6 Å². The van der Waals surface area contributed by atoms with Gasteiger partial charge in [-0.15, -0.1) is 0 Å². The summed E-state index contributed by atoms with van der Waals surface area (Å²) in [7, 11) is 0. The van der Waals surface area contributed by atoms with Crippen molar-refractivity contribution < 1.29 is 4.79 Å². The Balaban J connectivity index is 1.95. The molecule has 0 aliphatic carbocycles. The maximum atomic E-state index is 12.1. The molecule has 1 amide bonds. The summed E-state index contributed by atoms with van der Waals surface area (Å²) >= 11 is 0. The topological polar surface area (TPSA) is 41.1 Å². The molecular weight excluding hydrogens is 224 g/mol. The highest BCUT2D eigenvalue weighted by molar-refractivity contribution is 5.82. The molecule has 1 aromatic rings. The van der Waals surface area contributed by atoms with Crippen molar-refractivity contribution in [3.8, 4) is 0 Å². The lowest BCUT2D eigenvalue weighted by atomic mass is 10.1. The molecule has 1 saturated heterocycles. The van der Waals surface area contributed by atoms with Gasteiger partial charge in [-0.1, -0.05) is 30.3 Å². The van der Waals surface area contributed by atoms with E-state index in [1.54, 1.807) is 0 Å². The van der Waals surface area contributed by atoms with Crippen LogP contribution in [0.25, 0.3) is 0 Å². The van der Waals surface area contributed by atoms with E-state index in [4.69, 9.17) is 0 Å². The SMILES string of the molecule is CC(C)(C)NC(=O)[C@@H]1CCC(c2ccccc2)N1. The minimum atomic E-state index is -0.163. The van der Waals surface area contributed by atoms with Crippen LogP contribution >= 0.6 is 0 Å². The number of amides is 1. The molecule has 3 nitrogen and oxygen atoms in total. The van der Waals surface area contributed by atoms with E-state index >= 15 is 0 Å². The summed E-state index contributed by atoms with van der Waals surface area (Å²) in [5.74, 6) is 0.112. The van der Waals surface area contributed by atoms with Gasteiger partial charge in [0.05, 0.1) is 6.04 Å². The lowest BCUT2D eigenvalue weighted by Gasteiger charge is -2.23. The van der Waals surface area contributed by atoms with E-state index in [9.17, 15) is 4.79 Å². The Hall–Kier alpha value is -1.35. The number of nitrogens with one attached hydrogen (secondary N) is 2. The predicted octanol–water partition coefficient (Wildman–Crippen LogP) is 2.39. The molecular formula is C15H22N2O. The third-order valence-electron chi connectivity index (χ3n) is 3.16. The lowest BCUT2D eigenvalue weighted by molar-refractivity contribution is -0.124. The first-order valence-corrected chi connectivity index (χ1v) is 6.59. The maximum absolute atomic E-state index is 12.1. The van der Waals surface area contributed by atoms with Crippen molar-refractivity contribution in [2.45, 2.75) is 51.2 Å². The quantitative estimate of drug-likeness (QED) is 0.841. The van der Waals surface area contributed by atoms with Crippen molar-refractivity contribution >= 4 is 5.91 Å². The van der Waals surface area contributed by atoms with E-state index in [0.29, 0.717) is 6.04 Å². The Bertz CT molecular complexity index is 408. The molecule has 1 fully saturated rings. The van der Waals surface area contributed by atoms with Crippen LogP contribution in [0.1, 0.15) is 45.2 Å². The summed E-state index contributed by atoms with van der Waals surface area (Å²) in [5, 5.41) is 6.45. The van der Waals surface area contributed by atoms with Gasteiger partial charge in [-0.3, -0.25) is 10.1 Å². The van der Waals surface area contributed by atoms with E-state index < -0.39 is 0 Å². The predicted molar refractivity (Wildman–Crippen MR) is 73.2 cm³/mol. The number of carbonyl (C=O) groups excluding carboxylic acids is 1. The Labute approximate surface area is 109 Å². The van der Waals surface area contributed by atoms with Gasteiger partial charge in [0, 0.05) is 11.6 Å². The Morgan fingerprint density at radius 1 is 1.22 bits per heavy atom. The standard InChI is InChI=1S/C15H22N2O/c1-15(2,3)17-14(18)13-10-9-12(16-13)11-7-5-4-6-8-11/h4-8,12-13,16H,9-10H2,1-3H3,(H,17,18)/t12?,13-/m0/s1. The van der Waals surface area contributed by atoms with Crippen molar-refractivity contribution in [2.75, 3.05) is 0 Å². The largest absolute Gasteiger partial charge is 0.350 e. The zero-order valence-corrected chi connectivity index (χ0v) is 11.4. The monoisotopic (exact) mass is 246 g/mol. The van der Waals surface area contributed by atoms with Crippen LogP contribution in [-0.2, 0) is 4.79 Å². The van der Waals surface area contributed by atoms with Gasteiger partial charge in [0.15, 0.2) is 0 Å². The third kappa shape index (κ3) is 3.33. The highest BCUT2D eigenvalue weighted by Crippen LogP contribution is 2.26. The van der Waals surface area contributed by atoms with Crippen LogP contribution < -0.4 is 10.6 Å². The van der Waals surface area contributed by atoms with Crippen LogP contribution in [0.4, 0.5) is 0 Å². The zero-order valence-electron chi connectivity index (χ0n) is 11.4. The Morgan fingerprint density at radius 2 is 1.89 bits per heavy atom. The van der Waals surface area contributed by atoms with Crippen LogP contribution in [-0.4, -0.2) is 17.5 Å². The zero-order chi connectivity index (χ0) is 13.2. The molecule has 0 radical (unpaired) electrons. The molecule has 2 N–H and O–H groups in total. The fourth-order valence-corrected chi connectivity index (χ4v) is 2.35. The van der Waals surface area contributed by atoms with Crippen LogP contribution in [0, 0.1) is 0 Å².